The first kappa shape index (κ1) is 11.6. The van der Waals surface area contributed by atoms with E-state index in [0.717, 1.165) is 0 Å². The molecule has 0 unspecified atom stereocenters. The molecule has 2 heterocycles. The first-order valence-electron chi connectivity index (χ1n) is 4.98. The Morgan fingerprint density at radius 1 is 1.47 bits per heavy atom. The molecule has 0 aromatic carbocycles. The SMILES string of the molecule is CN(C(=O)c1cnn(C)c1Cl)c1ccccn1. The molecule has 17 heavy (non-hydrogen) atoms. The van der Waals surface area contributed by atoms with Crippen LogP contribution in [0.5, 0.6) is 0 Å². The Labute approximate surface area is 104 Å². The molecule has 1 amide bonds. The van der Waals surface area contributed by atoms with Crippen molar-refractivity contribution >= 4 is 23.3 Å². The first-order valence-corrected chi connectivity index (χ1v) is 5.35. The Hall–Kier alpha value is -1.88. The summed E-state index contributed by atoms with van der Waals surface area (Å²) in [6.07, 6.45) is 3.08. The molecule has 0 aliphatic carbocycles. The van der Waals surface area contributed by atoms with Crippen LogP contribution in [0.3, 0.4) is 0 Å². The van der Waals surface area contributed by atoms with Gasteiger partial charge in [-0.2, -0.15) is 5.10 Å². The highest BCUT2D eigenvalue weighted by Gasteiger charge is 2.19. The van der Waals surface area contributed by atoms with Crippen molar-refractivity contribution in [2.24, 2.45) is 7.05 Å². The molecule has 0 radical (unpaired) electrons. The smallest absolute Gasteiger partial charge is 0.263 e. The Bertz CT molecular complexity index is 538. The molecule has 5 nitrogen and oxygen atoms in total. The minimum absolute atomic E-state index is 0.234. The van der Waals surface area contributed by atoms with Crippen LogP contribution in [0.4, 0.5) is 5.82 Å². The van der Waals surface area contributed by atoms with Crippen LogP contribution in [0, 0.1) is 0 Å². The first-order chi connectivity index (χ1) is 8.11. The van der Waals surface area contributed by atoms with Crippen molar-refractivity contribution in [1.82, 2.24) is 14.8 Å². The van der Waals surface area contributed by atoms with Crippen LogP contribution in [0.25, 0.3) is 0 Å². The number of halogens is 1. The number of amides is 1. The second-order valence-electron chi connectivity index (χ2n) is 3.52. The van der Waals surface area contributed by atoms with E-state index in [1.165, 1.54) is 15.8 Å². The van der Waals surface area contributed by atoms with Crippen molar-refractivity contribution in [3.05, 3.63) is 41.3 Å². The van der Waals surface area contributed by atoms with E-state index < -0.39 is 0 Å². The van der Waals surface area contributed by atoms with Crippen LogP contribution in [0.2, 0.25) is 5.15 Å². The number of aryl methyl sites for hydroxylation is 1. The molecule has 2 rings (SSSR count). The number of rotatable bonds is 2. The van der Waals surface area contributed by atoms with Gasteiger partial charge in [0.1, 0.15) is 11.0 Å². The molecule has 0 saturated heterocycles. The third kappa shape index (κ3) is 2.14. The second-order valence-corrected chi connectivity index (χ2v) is 3.88. The largest absolute Gasteiger partial charge is 0.296 e. The monoisotopic (exact) mass is 250 g/mol. The van der Waals surface area contributed by atoms with E-state index in [4.69, 9.17) is 11.6 Å². The van der Waals surface area contributed by atoms with E-state index >= 15 is 0 Å². The molecule has 0 atom stereocenters. The molecule has 2 aromatic heterocycles. The second kappa shape index (κ2) is 4.55. The van der Waals surface area contributed by atoms with E-state index in [-0.39, 0.29) is 5.91 Å². The standard InChI is InChI=1S/C11H11ClN4O/c1-15(9-5-3-4-6-13-9)11(17)8-7-14-16(2)10(8)12/h3-7H,1-2H3. The van der Waals surface area contributed by atoms with Gasteiger partial charge in [0.15, 0.2) is 0 Å². The third-order valence-corrected chi connectivity index (χ3v) is 2.84. The average Bonchev–Trinajstić information content (AvgIpc) is 2.69. The molecule has 6 heteroatoms. The summed E-state index contributed by atoms with van der Waals surface area (Å²) in [4.78, 5) is 17.7. The van der Waals surface area contributed by atoms with Crippen LogP contribution >= 0.6 is 11.6 Å². The lowest BCUT2D eigenvalue weighted by Crippen LogP contribution is -2.27. The van der Waals surface area contributed by atoms with Crippen LogP contribution in [-0.4, -0.2) is 27.7 Å². The zero-order valence-electron chi connectivity index (χ0n) is 9.46. The molecule has 0 saturated carbocycles. The fraction of sp³-hybridized carbons (Fsp3) is 0.182. The van der Waals surface area contributed by atoms with Gasteiger partial charge in [0, 0.05) is 20.3 Å². The van der Waals surface area contributed by atoms with Crippen molar-refractivity contribution in [1.29, 1.82) is 0 Å². The highest BCUT2D eigenvalue weighted by Crippen LogP contribution is 2.18. The number of anilines is 1. The van der Waals surface area contributed by atoms with Crippen LogP contribution in [-0.2, 0) is 7.05 Å². The number of pyridine rings is 1. The van der Waals surface area contributed by atoms with Gasteiger partial charge in [0.05, 0.1) is 11.8 Å². The van der Waals surface area contributed by atoms with Gasteiger partial charge in [-0.15, -0.1) is 0 Å². The van der Waals surface area contributed by atoms with Crippen LogP contribution in [0.1, 0.15) is 10.4 Å². The molecule has 88 valence electrons. The molecule has 0 spiro atoms. The molecule has 2 aromatic rings. The fourth-order valence-electron chi connectivity index (χ4n) is 1.40. The highest BCUT2D eigenvalue weighted by atomic mass is 35.5. The van der Waals surface area contributed by atoms with Gasteiger partial charge in [-0.25, -0.2) is 4.98 Å². The summed E-state index contributed by atoms with van der Waals surface area (Å²) in [5, 5.41) is 4.25. The number of carbonyl (C=O) groups is 1. The van der Waals surface area contributed by atoms with Crippen molar-refractivity contribution in [3.63, 3.8) is 0 Å². The lowest BCUT2D eigenvalue weighted by atomic mass is 10.3. The zero-order chi connectivity index (χ0) is 12.4. The van der Waals surface area contributed by atoms with Gasteiger partial charge in [-0.1, -0.05) is 17.7 Å². The predicted octanol–water partition coefficient (Wildman–Crippen LogP) is 1.75. The Morgan fingerprint density at radius 3 is 2.76 bits per heavy atom. The van der Waals surface area contributed by atoms with Gasteiger partial charge in [-0.05, 0) is 12.1 Å². The lowest BCUT2D eigenvalue weighted by Gasteiger charge is -2.15. The summed E-state index contributed by atoms with van der Waals surface area (Å²) in [5.74, 6) is 0.333. The summed E-state index contributed by atoms with van der Waals surface area (Å²) in [5.41, 5.74) is 0.363. The third-order valence-electron chi connectivity index (χ3n) is 2.39. The topological polar surface area (TPSA) is 51.0 Å². The minimum Gasteiger partial charge on any atom is -0.296 e. The van der Waals surface area contributed by atoms with Gasteiger partial charge in [-0.3, -0.25) is 14.4 Å². The summed E-state index contributed by atoms with van der Waals surface area (Å²) in [7, 11) is 3.33. The number of carbonyl (C=O) groups excluding carboxylic acids is 1. The maximum atomic E-state index is 12.1. The number of nitrogens with zero attached hydrogens (tertiary/aromatic N) is 4. The fourth-order valence-corrected chi connectivity index (χ4v) is 1.58. The van der Waals surface area contributed by atoms with E-state index in [0.29, 0.717) is 16.5 Å². The molecule has 0 bridgehead atoms. The molecule has 0 aliphatic rings. The summed E-state index contributed by atoms with van der Waals surface area (Å²) >= 11 is 5.97. The van der Waals surface area contributed by atoms with Crippen LogP contribution < -0.4 is 4.90 Å². The Balaban J connectivity index is 2.30. The minimum atomic E-state index is -0.234. The van der Waals surface area contributed by atoms with Gasteiger partial charge in [0.25, 0.3) is 5.91 Å². The van der Waals surface area contributed by atoms with Crippen molar-refractivity contribution in [2.75, 3.05) is 11.9 Å². The number of aromatic nitrogens is 3. The maximum Gasteiger partial charge on any atom is 0.263 e. The van der Waals surface area contributed by atoms with Gasteiger partial charge >= 0.3 is 0 Å². The Kier molecular flexibility index (Phi) is 3.10. The van der Waals surface area contributed by atoms with Crippen molar-refractivity contribution < 1.29 is 4.79 Å². The van der Waals surface area contributed by atoms with Gasteiger partial charge < -0.3 is 0 Å². The number of hydrogen-bond donors (Lipinski definition) is 0. The molecule has 0 aliphatic heterocycles. The highest BCUT2D eigenvalue weighted by molar-refractivity contribution is 6.33. The van der Waals surface area contributed by atoms with E-state index in [1.807, 2.05) is 6.07 Å². The maximum absolute atomic E-state index is 12.1. The quantitative estimate of drug-likeness (QED) is 0.816. The predicted molar refractivity (Wildman–Crippen MR) is 65.2 cm³/mol. The summed E-state index contributed by atoms with van der Waals surface area (Å²) in [6.45, 7) is 0. The zero-order valence-corrected chi connectivity index (χ0v) is 10.2. The normalized spacial score (nSPS) is 10.3. The number of hydrogen-bond acceptors (Lipinski definition) is 3. The summed E-state index contributed by atoms with van der Waals surface area (Å²) in [6, 6.07) is 5.36. The van der Waals surface area contributed by atoms with Gasteiger partial charge in [0.2, 0.25) is 0 Å². The van der Waals surface area contributed by atoms with Crippen LogP contribution in [0.15, 0.2) is 30.6 Å². The summed E-state index contributed by atoms with van der Waals surface area (Å²) < 4.78 is 1.45. The lowest BCUT2D eigenvalue weighted by molar-refractivity contribution is 0.0992. The Morgan fingerprint density at radius 2 is 2.24 bits per heavy atom. The molecular formula is C11H11ClN4O. The molecular weight excluding hydrogens is 240 g/mol. The van der Waals surface area contributed by atoms with Crippen molar-refractivity contribution in [2.45, 2.75) is 0 Å². The van der Waals surface area contributed by atoms with E-state index in [1.54, 1.807) is 32.4 Å². The van der Waals surface area contributed by atoms with E-state index in [9.17, 15) is 4.79 Å². The average molecular weight is 251 g/mol. The molecule has 0 fully saturated rings. The van der Waals surface area contributed by atoms with Crippen molar-refractivity contribution in [3.8, 4) is 0 Å². The van der Waals surface area contributed by atoms with E-state index in [2.05, 4.69) is 10.1 Å². The molecule has 0 N–H and O–H groups in total.